The van der Waals surface area contributed by atoms with Gasteiger partial charge in [-0.05, 0) is 6.08 Å². The molecule has 0 aromatic carbocycles. The number of carbonyl (C=O) groups excluding carboxylic acids is 2. The van der Waals surface area contributed by atoms with E-state index in [9.17, 15) is 9.59 Å². The summed E-state index contributed by atoms with van der Waals surface area (Å²) in [5.41, 5.74) is 0.686. The Morgan fingerprint density at radius 2 is 2.17 bits per heavy atom. The van der Waals surface area contributed by atoms with Gasteiger partial charge in [0.1, 0.15) is 11.2 Å². The summed E-state index contributed by atoms with van der Waals surface area (Å²) >= 11 is 1.20. The van der Waals surface area contributed by atoms with Crippen LogP contribution in [0.15, 0.2) is 34.3 Å². The molecule has 3 aliphatic rings. The number of aliphatic imine (C=N–C) groups is 2. The van der Waals surface area contributed by atoms with Crippen molar-refractivity contribution in [3.05, 3.63) is 24.3 Å². The van der Waals surface area contributed by atoms with Crippen LogP contribution in [0, 0.1) is 5.92 Å². The summed E-state index contributed by atoms with van der Waals surface area (Å²) in [6.45, 7) is 0.430. The monoisotopic (exact) mass is 262 g/mol. The second kappa shape index (κ2) is 4.53. The average molecular weight is 262 g/mol. The molecule has 92 valence electrons. The van der Waals surface area contributed by atoms with E-state index in [1.54, 1.807) is 12.2 Å². The molecule has 2 heterocycles. The van der Waals surface area contributed by atoms with Crippen LogP contribution in [-0.2, 0) is 14.3 Å². The minimum atomic E-state index is -0.366. The second-order valence-corrected chi connectivity index (χ2v) is 5.22. The lowest BCUT2D eigenvalue weighted by Crippen LogP contribution is -2.27. The maximum atomic E-state index is 11.8. The summed E-state index contributed by atoms with van der Waals surface area (Å²) in [5.74, 6) is -0.846. The van der Waals surface area contributed by atoms with Crippen molar-refractivity contribution in [1.82, 2.24) is 0 Å². The molecule has 1 saturated heterocycles. The fourth-order valence-corrected chi connectivity index (χ4v) is 2.84. The summed E-state index contributed by atoms with van der Waals surface area (Å²) in [7, 11) is 0. The third-order valence-electron chi connectivity index (χ3n) is 2.83. The van der Waals surface area contributed by atoms with Crippen molar-refractivity contribution in [2.75, 3.05) is 6.61 Å². The summed E-state index contributed by atoms with van der Waals surface area (Å²) < 4.78 is 4.87. The SMILES string of the molecule is O=C1OCCC1SC1=NC(=O)C2C=CC=CC2=N1. The van der Waals surface area contributed by atoms with Crippen LogP contribution in [0.5, 0.6) is 0 Å². The highest BCUT2D eigenvalue weighted by Crippen LogP contribution is 2.27. The number of cyclic esters (lactones) is 1. The Morgan fingerprint density at radius 3 is 2.94 bits per heavy atom. The zero-order valence-corrected chi connectivity index (χ0v) is 10.2. The van der Waals surface area contributed by atoms with E-state index in [0.29, 0.717) is 23.9 Å². The zero-order valence-electron chi connectivity index (χ0n) is 9.41. The number of hydrogen-bond acceptors (Lipinski definition) is 5. The topological polar surface area (TPSA) is 68.1 Å². The molecule has 2 unspecified atom stereocenters. The van der Waals surface area contributed by atoms with Crippen LogP contribution in [0.3, 0.4) is 0 Å². The molecule has 3 rings (SSSR count). The Labute approximate surface area is 108 Å². The Morgan fingerprint density at radius 1 is 1.28 bits per heavy atom. The number of nitrogens with zero attached hydrogens (tertiary/aromatic N) is 2. The van der Waals surface area contributed by atoms with Crippen LogP contribution in [0.1, 0.15) is 6.42 Å². The molecule has 5 nitrogen and oxygen atoms in total. The molecule has 0 saturated carbocycles. The highest BCUT2D eigenvalue weighted by molar-refractivity contribution is 8.15. The van der Waals surface area contributed by atoms with Crippen LogP contribution in [0.4, 0.5) is 0 Å². The molecule has 6 heteroatoms. The zero-order chi connectivity index (χ0) is 12.5. The molecule has 0 spiro atoms. The van der Waals surface area contributed by atoms with Gasteiger partial charge in [-0.2, -0.15) is 4.99 Å². The second-order valence-electron chi connectivity index (χ2n) is 4.05. The minimum absolute atomic E-state index is 0.227. The molecule has 1 aliphatic carbocycles. The van der Waals surface area contributed by atoms with Gasteiger partial charge in [0.15, 0.2) is 5.17 Å². The maximum absolute atomic E-state index is 11.8. The number of esters is 1. The molecule has 18 heavy (non-hydrogen) atoms. The normalized spacial score (nSPS) is 29.8. The first kappa shape index (κ1) is 11.4. The molecular formula is C12H10N2O3S. The van der Waals surface area contributed by atoms with Crippen molar-refractivity contribution >= 4 is 34.5 Å². The summed E-state index contributed by atoms with van der Waals surface area (Å²) in [4.78, 5) is 31.4. The van der Waals surface area contributed by atoms with Crippen LogP contribution < -0.4 is 0 Å². The number of rotatable bonds is 1. The summed E-state index contributed by atoms with van der Waals surface area (Å²) in [6, 6.07) is 0. The smallest absolute Gasteiger partial charge is 0.319 e. The third-order valence-corrected chi connectivity index (χ3v) is 3.94. The van der Waals surface area contributed by atoms with Crippen molar-refractivity contribution < 1.29 is 14.3 Å². The highest BCUT2D eigenvalue weighted by atomic mass is 32.2. The Balaban J connectivity index is 1.80. The van der Waals surface area contributed by atoms with E-state index >= 15 is 0 Å². The standard InChI is InChI=1S/C12H10N2O3S/c15-10-7-3-1-2-4-8(7)13-12(14-10)18-9-5-6-17-11(9)16/h1-4,7,9H,5-6H2. The molecular weight excluding hydrogens is 252 g/mol. The number of fused-ring (bicyclic) bond motifs is 1. The van der Waals surface area contributed by atoms with E-state index in [2.05, 4.69) is 9.98 Å². The fourth-order valence-electron chi connectivity index (χ4n) is 1.91. The predicted molar refractivity (Wildman–Crippen MR) is 68.6 cm³/mol. The molecule has 2 aliphatic heterocycles. The maximum Gasteiger partial charge on any atom is 0.319 e. The summed E-state index contributed by atoms with van der Waals surface area (Å²) in [6.07, 6.45) is 7.85. The van der Waals surface area contributed by atoms with Crippen molar-refractivity contribution in [1.29, 1.82) is 0 Å². The van der Waals surface area contributed by atoms with Gasteiger partial charge in [-0.15, -0.1) is 0 Å². The first-order valence-corrected chi connectivity index (χ1v) is 6.51. The van der Waals surface area contributed by atoms with E-state index in [4.69, 9.17) is 4.74 Å². The molecule has 1 fully saturated rings. The van der Waals surface area contributed by atoms with E-state index in [0.717, 1.165) is 0 Å². The number of amidine groups is 1. The first-order chi connectivity index (χ1) is 8.74. The predicted octanol–water partition coefficient (Wildman–Crippen LogP) is 1.11. The molecule has 0 N–H and O–H groups in total. The Hall–Kier alpha value is -1.69. The Kier molecular flexibility index (Phi) is 2.87. The summed E-state index contributed by atoms with van der Waals surface area (Å²) in [5, 5.41) is 0.0654. The number of allylic oxidation sites excluding steroid dienone is 3. The van der Waals surface area contributed by atoms with Crippen molar-refractivity contribution in [2.45, 2.75) is 11.7 Å². The fraction of sp³-hybridized carbons (Fsp3) is 0.333. The van der Waals surface area contributed by atoms with Gasteiger partial charge in [-0.1, -0.05) is 30.0 Å². The lowest BCUT2D eigenvalue weighted by molar-refractivity contribution is -0.137. The lowest BCUT2D eigenvalue weighted by atomic mass is 9.97. The quantitative estimate of drug-likeness (QED) is 0.664. The molecule has 0 aromatic rings. The average Bonchev–Trinajstić information content (AvgIpc) is 2.75. The van der Waals surface area contributed by atoms with E-state index in [1.165, 1.54) is 11.8 Å². The molecule has 0 radical (unpaired) electrons. The molecule has 0 aromatic heterocycles. The van der Waals surface area contributed by atoms with Crippen LogP contribution >= 0.6 is 11.8 Å². The van der Waals surface area contributed by atoms with Crippen molar-refractivity contribution in [3.63, 3.8) is 0 Å². The number of thioether (sulfide) groups is 1. The van der Waals surface area contributed by atoms with E-state index < -0.39 is 0 Å². The number of ether oxygens (including phenoxy) is 1. The van der Waals surface area contributed by atoms with Gasteiger partial charge in [0, 0.05) is 6.42 Å². The van der Waals surface area contributed by atoms with Gasteiger partial charge in [0.05, 0.1) is 12.3 Å². The van der Waals surface area contributed by atoms with Crippen LogP contribution in [0.25, 0.3) is 0 Å². The minimum Gasteiger partial charge on any atom is -0.465 e. The Bertz CT molecular complexity index is 533. The highest BCUT2D eigenvalue weighted by Gasteiger charge is 2.32. The third kappa shape index (κ3) is 2.03. The van der Waals surface area contributed by atoms with E-state index in [-0.39, 0.29) is 23.0 Å². The van der Waals surface area contributed by atoms with Gasteiger partial charge in [0.25, 0.3) is 5.91 Å². The molecule has 2 atom stereocenters. The van der Waals surface area contributed by atoms with Crippen molar-refractivity contribution in [3.8, 4) is 0 Å². The van der Waals surface area contributed by atoms with Crippen LogP contribution in [-0.4, -0.2) is 34.6 Å². The number of hydrogen-bond donors (Lipinski definition) is 0. The molecule has 1 amide bonds. The molecule has 0 bridgehead atoms. The first-order valence-electron chi connectivity index (χ1n) is 5.63. The van der Waals surface area contributed by atoms with Crippen LogP contribution in [0.2, 0.25) is 0 Å². The number of amides is 1. The lowest BCUT2D eigenvalue weighted by Gasteiger charge is -2.17. The van der Waals surface area contributed by atoms with Gasteiger partial charge in [0.2, 0.25) is 0 Å². The van der Waals surface area contributed by atoms with Gasteiger partial charge >= 0.3 is 5.97 Å². The number of carbonyl (C=O) groups is 2. The largest absolute Gasteiger partial charge is 0.465 e. The van der Waals surface area contributed by atoms with Gasteiger partial charge in [-0.25, -0.2) is 4.99 Å². The van der Waals surface area contributed by atoms with E-state index in [1.807, 2.05) is 12.2 Å². The van der Waals surface area contributed by atoms with Crippen molar-refractivity contribution in [2.24, 2.45) is 15.9 Å². The van der Waals surface area contributed by atoms with Gasteiger partial charge in [-0.3, -0.25) is 9.59 Å². The van der Waals surface area contributed by atoms with Gasteiger partial charge < -0.3 is 4.74 Å².